The van der Waals surface area contributed by atoms with Crippen LogP contribution >= 0.6 is 11.8 Å². The number of aryl methyl sites for hydroxylation is 3. The van der Waals surface area contributed by atoms with Crippen LogP contribution in [0.2, 0.25) is 0 Å². The molecule has 0 atom stereocenters. The van der Waals surface area contributed by atoms with E-state index in [0.717, 1.165) is 19.3 Å². The molecule has 1 aromatic rings. The molecule has 1 saturated carbocycles. The third-order valence-corrected chi connectivity index (χ3v) is 5.43. The average molecular weight is 264 g/mol. The molecule has 98 valence electrons. The van der Waals surface area contributed by atoms with Crippen molar-refractivity contribution < 1.29 is 9.53 Å². The monoisotopic (exact) mass is 264 g/mol. The highest BCUT2D eigenvalue weighted by Crippen LogP contribution is 2.50. The maximum absolute atomic E-state index is 12.0. The second-order valence-electron chi connectivity index (χ2n) is 5.17. The molecule has 2 rings (SSSR count). The van der Waals surface area contributed by atoms with Gasteiger partial charge in [-0.15, -0.1) is 11.8 Å². The minimum Gasteiger partial charge on any atom is -0.468 e. The normalized spacial score (nSPS) is 17.1. The van der Waals surface area contributed by atoms with Gasteiger partial charge in [0.15, 0.2) is 0 Å². The topological polar surface area (TPSA) is 26.3 Å². The summed E-state index contributed by atoms with van der Waals surface area (Å²) >= 11 is 1.70. The van der Waals surface area contributed by atoms with Crippen LogP contribution in [0.5, 0.6) is 0 Å². The van der Waals surface area contributed by atoms with E-state index in [0.29, 0.717) is 0 Å². The van der Waals surface area contributed by atoms with Crippen molar-refractivity contribution >= 4 is 17.7 Å². The molecule has 0 spiro atoms. The van der Waals surface area contributed by atoms with Gasteiger partial charge in [-0.2, -0.15) is 0 Å². The zero-order chi connectivity index (χ0) is 13.3. The molecule has 0 unspecified atom stereocenters. The third-order valence-electron chi connectivity index (χ3n) is 3.62. The van der Waals surface area contributed by atoms with Gasteiger partial charge in [0.1, 0.15) is 4.75 Å². The summed E-state index contributed by atoms with van der Waals surface area (Å²) in [4.78, 5) is 13.2. The van der Waals surface area contributed by atoms with Gasteiger partial charge >= 0.3 is 5.97 Å². The van der Waals surface area contributed by atoms with Crippen LogP contribution in [0.3, 0.4) is 0 Å². The molecule has 0 aliphatic heterocycles. The van der Waals surface area contributed by atoms with Crippen molar-refractivity contribution in [1.29, 1.82) is 0 Å². The Morgan fingerprint density at radius 1 is 1.22 bits per heavy atom. The minimum atomic E-state index is -0.334. The van der Waals surface area contributed by atoms with E-state index in [-0.39, 0.29) is 10.7 Å². The number of ether oxygens (including phenoxy) is 1. The highest BCUT2D eigenvalue weighted by Gasteiger charge is 2.46. The smallest absolute Gasteiger partial charge is 0.322 e. The summed E-state index contributed by atoms with van der Waals surface area (Å²) in [5, 5.41) is 0. The molecule has 0 bridgehead atoms. The Bertz CT molecular complexity index is 452. The van der Waals surface area contributed by atoms with E-state index >= 15 is 0 Å². The fourth-order valence-corrected chi connectivity index (χ4v) is 4.04. The molecule has 0 heterocycles. The zero-order valence-corrected chi connectivity index (χ0v) is 12.3. The molecule has 2 nitrogen and oxygen atoms in total. The first-order valence-corrected chi connectivity index (χ1v) is 7.15. The molecule has 0 saturated heterocycles. The van der Waals surface area contributed by atoms with Crippen molar-refractivity contribution in [3.05, 3.63) is 28.8 Å². The molecule has 18 heavy (non-hydrogen) atoms. The highest BCUT2D eigenvalue weighted by molar-refractivity contribution is 8.01. The second kappa shape index (κ2) is 4.96. The van der Waals surface area contributed by atoms with Gasteiger partial charge in [0.2, 0.25) is 0 Å². The van der Waals surface area contributed by atoms with E-state index in [1.165, 1.54) is 28.7 Å². The molecule has 3 heteroatoms. The van der Waals surface area contributed by atoms with Crippen LogP contribution in [0, 0.1) is 20.8 Å². The first-order chi connectivity index (χ1) is 8.48. The Labute approximate surface area is 113 Å². The molecule has 1 aromatic carbocycles. The fraction of sp³-hybridized carbons (Fsp3) is 0.533. The standard InChI is InChI=1S/C15H20O2S/c1-10-8-11(2)13(12(3)9-10)18-15(6-5-7-15)14(16)17-4/h8-9H,5-7H2,1-4H3. The van der Waals surface area contributed by atoms with Crippen LogP contribution in [0.15, 0.2) is 17.0 Å². The second-order valence-corrected chi connectivity index (χ2v) is 6.56. The summed E-state index contributed by atoms with van der Waals surface area (Å²) in [5.41, 5.74) is 3.79. The quantitative estimate of drug-likeness (QED) is 0.777. The number of thioether (sulfide) groups is 1. The maximum Gasteiger partial charge on any atom is 0.322 e. The SMILES string of the molecule is COC(=O)C1(Sc2c(C)cc(C)cc2C)CCC1. The Morgan fingerprint density at radius 3 is 2.17 bits per heavy atom. The van der Waals surface area contributed by atoms with Crippen LogP contribution in [0.1, 0.15) is 36.0 Å². The van der Waals surface area contributed by atoms with Crippen molar-refractivity contribution in [1.82, 2.24) is 0 Å². The van der Waals surface area contributed by atoms with E-state index in [1.807, 2.05) is 0 Å². The van der Waals surface area contributed by atoms with E-state index < -0.39 is 0 Å². The van der Waals surface area contributed by atoms with Gasteiger partial charge in [-0.25, -0.2) is 0 Å². The van der Waals surface area contributed by atoms with Gasteiger partial charge in [0.25, 0.3) is 0 Å². The Morgan fingerprint density at radius 2 is 1.78 bits per heavy atom. The number of carbonyl (C=O) groups excluding carboxylic acids is 1. The highest BCUT2D eigenvalue weighted by atomic mass is 32.2. The lowest BCUT2D eigenvalue weighted by Gasteiger charge is -2.38. The summed E-state index contributed by atoms with van der Waals surface area (Å²) < 4.78 is 4.64. The largest absolute Gasteiger partial charge is 0.468 e. The Hall–Kier alpha value is -0.960. The van der Waals surface area contributed by atoms with Gasteiger partial charge in [-0.3, -0.25) is 4.79 Å². The lowest BCUT2D eigenvalue weighted by atomic mass is 9.84. The summed E-state index contributed by atoms with van der Waals surface area (Å²) in [6, 6.07) is 4.36. The number of methoxy groups -OCH3 is 1. The minimum absolute atomic E-state index is 0.0712. The summed E-state index contributed by atoms with van der Waals surface area (Å²) in [6.45, 7) is 6.34. The van der Waals surface area contributed by atoms with Crippen molar-refractivity contribution in [3.8, 4) is 0 Å². The number of hydrogen-bond donors (Lipinski definition) is 0. The van der Waals surface area contributed by atoms with Gasteiger partial charge in [-0.05, 0) is 51.2 Å². The van der Waals surface area contributed by atoms with Crippen molar-refractivity contribution in [3.63, 3.8) is 0 Å². The van der Waals surface area contributed by atoms with Crippen LogP contribution < -0.4 is 0 Å². The van der Waals surface area contributed by atoms with E-state index in [9.17, 15) is 4.79 Å². The molecular formula is C15H20O2S. The fourth-order valence-electron chi connectivity index (χ4n) is 2.55. The number of hydrogen-bond acceptors (Lipinski definition) is 3. The van der Waals surface area contributed by atoms with Crippen molar-refractivity contribution in [2.45, 2.75) is 49.7 Å². The van der Waals surface area contributed by atoms with Gasteiger partial charge < -0.3 is 4.74 Å². The zero-order valence-electron chi connectivity index (χ0n) is 11.5. The van der Waals surface area contributed by atoms with Crippen LogP contribution in [0.25, 0.3) is 0 Å². The molecule has 0 radical (unpaired) electrons. The van der Waals surface area contributed by atoms with Gasteiger partial charge in [0, 0.05) is 4.90 Å². The van der Waals surface area contributed by atoms with Gasteiger partial charge in [-0.1, -0.05) is 17.7 Å². The summed E-state index contributed by atoms with van der Waals surface area (Å²) in [7, 11) is 1.48. The predicted molar refractivity (Wildman–Crippen MR) is 75.1 cm³/mol. The molecule has 1 aliphatic carbocycles. The van der Waals surface area contributed by atoms with Crippen LogP contribution in [-0.4, -0.2) is 17.8 Å². The van der Waals surface area contributed by atoms with Crippen molar-refractivity contribution in [2.75, 3.05) is 7.11 Å². The molecular weight excluding hydrogens is 244 g/mol. The first kappa shape index (κ1) is 13.5. The molecule has 1 fully saturated rings. The average Bonchev–Trinajstić information content (AvgIpc) is 2.25. The number of rotatable bonds is 3. The van der Waals surface area contributed by atoms with E-state index in [1.54, 1.807) is 11.8 Å². The lowest BCUT2D eigenvalue weighted by Crippen LogP contribution is -2.42. The number of carbonyl (C=O) groups is 1. The van der Waals surface area contributed by atoms with Crippen molar-refractivity contribution in [2.24, 2.45) is 0 Å². The molecule has 0 aromatic heterocycles. The van der Waals surface area contributed by atoms with E-state index in [2.05, 4.69) is 32.9 Å². The summed E-state index contributed by atoms with van der Waals surface area (Å²) in [5.74, 6) is -0.0712. The lowest BCUT2D eigenvalue weighted by molar-refractivity contribution is -0.145. The van der Waals surface area contributed by atoms with Crippen LogP contribution in [-0.2, 0) is 9.53 Å². The molecule has 0 N–H and O–H groups in total. The van der Waals surface area contributed by atoms with E-state index in [4.69, 9.17) is 4.74 Å². The molecule has 0 amide bonds. The number of esters is 1. The summed E-state index contributed by atoms with van der Waals surface area (Å²) in [6.07, 6.45) is 2.97. The Kier molecular flexibility index (Phi) is 3.71. The Balaban J connectivity index is 2.31. The third kappa shape index (κ3) is 2.28. The number of benzene rings is 1. The van der Waals surface area contributed by atoms with Crippen LogP contribution in [0.4, 0.5) is 0 Å². The van der Waals surface area contributed by atoms with Gasteiger partial charge in [0.05, 0.1) is 7.11 Å². The first-order valence-electron chi connectivity index (χ1n) is 6.34. The predicted octanol–water partition coefficient (Wildman–Crippen LogP) is 3.80. The maximum atomic E-state index is 12.0. The molecule has 1 aliphatic rings.